The van der Waals surface area contributed by atoms with Crippen molar-refractivity contribution in [3.63, 3.8) is 0 Å². The molecule has 1 saturated heterocycles. The van der Waals surface area contributed by atoms with E-state index in [4.69, 9.17) is 9.84 Å². The highest BCUT2D eigenvalue weighted by molar-refractivity contribution is 6.03. The van der Waals surface area contributed by atoms with Gasteiger partial charge in [0.1, 0.15) is 11.2 Å². The fourth-order valence-electron chi connectivity index (χ4n) is 3.95. The van der Waals surface area contributed by atoms with Gasteiger partial charge < -0.3 is 20.5 Å². The van der Waals surface area contributed by atoms with Crippen LogP contribution >= 0.6 is 0 Å². The van der Waals surface area contributed by atoms with Gasteiger partial charge in [-0.25, -0.2) is 9.69 Å². The molecule has 4 amide bonds. The van der Waals surface area contributed by atoms with Crippen LogP contribution in [0.4, 0.5) is 10.5 Å². The third-order valence-corrected chi connectivity index (χ3v) is 6.07. The number of rotatable bonds is 10. The Balaban J connectivity index is 1.67. The molecule has 0 bridgehead atoms. The van der Waals surface area contributed by atoms with Crippen LogP contribution in [-0.2, 0) is 20.9 Å². The highest BCUT2D eigenvalue weighted by atomic mass is 16.5. The molecule has 9 nitrogen and oxygen atoms in total. The summed E-state index contributed by atoms with van der Waals surface area (Å²) in [5.74, 6) is -1.27. The van der Waals surface area contributed by atoms with E-state index in [1.54, 1.807) is 24.3 Å². The number of amides is 4. The molecule has 3 rings (SSSR count). The number of urea groups is 1. The molecule has 2 aromatic carbocycles. The Morgan fingerprint density at radius 1 is 1.00 bits per heavy atom. The van der Waals surface area contributed by atoms with Crippen LogP contribution in [0.2, 0.25) is 0 Å². The standard InChI is InChI=1S/C25H29N3O6/c1-3-25(4-2)22(32)28(24(33)26-16-17-8-6-5-7-9-17)23(25)34-19-12-10-18(11-13-19)27-20(29)14-15-21(30)31/h5-13,23H,3-4,14-16H2,1-2H3,(H,26,33)(H,27,29)(H,30,31). The second-order valence-electron chi connectivity index (χ2n) is 8.12. The highest BCUT2D eigenvalue weighted by Crippen LogP contribution is 2.46. The van der Waals surface area contributed by atoms with E-state index in [0.717, 1.165) is 10.5 Å². The summed E-state index contributed by atoms with van der Waals surface area (Å²) in [6.07, 6.45) is -0.0939. The smallest absolute Gasteiger partial charge is 0.327 e. The minimum atomic E-state index is -1.04. The Morgan fingerprint density at radius 3 is 2.24 bits per heavy atom. The Hall–Kier alpha value is -3.88. The van der Waals surface area contributed by atoms with Crippen molar-refractivity contribution in [2.75, 3.05) is 5.32 Å². The number of aliphatic carboxylic acids is 1. The van der Waals surface area contributed by atoms with Crippen molar-refractivity contribution in [1.82, 2.24) is 10.2 Å². The van der Waals surface area contributed by atoms with Crippen molar-refractivity contribution >= 4 is 29.5 Å². The molecule has 1 aliphatic rings. The van der Waals surface area contributed by atoms with Crippen LogP contribution < -0.4 is 15.4 Å². The van der Waals surface area contributed by atoms with E-state index < -0.39 is 29.6 Å². The van der Waals surface area contributed by atoms with E-state index in [2.05, 4.69) is 10.6 Å². The minimum absolute atomic E-state index is 0.125. The third kappa shape index (κ3) is 5.36. The number of nitrogens with one attached hydrogen (secondary N) is 2. The molecule has 1 unspecified atom stereocenters. The van der Waals surface area contributed by atoms with E-state index in [1.807, 2.05) is 44.2 Å². The fraction of sp³-hybridized carbons (Fsp3) is 0.360. The van der Waals surface area contributed by atoms with Crippen molar-refractivity contribution < 1.29 is 29.0 Å². The predicted molar refractivity (Wildman–Crippen MR) is 125 cm³/mol. The van der Waals surface area contributed by atoms with Crippen LogP contribution in [0.5, 0.6) is 5.75 Å². The lowest BCUT2D eigenvalue weighted by Crippen LogP contribution is -2.73. The number of nitrogens with zero attached hydrogens (tertiary/aromatic N) is 1. The lowest BCUT2D eigenvalue weighted by atomic mass is 9.72. The first kappa shape index (κ1) is 24.8. The van der Waals surface area contributed by atoms with Crippen LogP contribution in [-0.4, -0.2) is 40.0 Å². The Kier molecular flexibility index (Phi) is 7.88. The molecular weight excluding hydrogens is 438 g/mol. The molecule has 0 radical (unpaired) electrons. The molecule has 0 saturated carbocycles. The predicted octanol–water partition coefficient (Wildman–Crippen LogP) is 3.75. The molecule has 0 aromatic heterocycles. The molecule has 1 fully saturated rings. The first-order chi connectivity index (χ1) is 16.3. The number of ether oxygens (including phenoxy) is 1. The SMILES string of the molecule is CCC1(CC)C(=O)N(C(=O)NCc2ccccc2)C1Oc1ccc(NC(=O)CCC(=O)O)cc1. The van der Waals surface area contributed by atoms with Gasteiger partial charge in [-0.2, -0.15) is 0 Å². The summed E-state index contributed by atoms with van der Waals surface area (Å²) in [7, 11) is 0. The molecule has 0 aliphatic carbocycles. The number of carboxylic acids is 1. The number of carboxylic acid groups (broad SMARTS) is 1. The van der Waals surface area contributed by atoms with Gasteiger partial charge in [0.2, 0.25) is 11.8 Å². The quantitative estimate of drug-likeness (QED) is 0.457. The van der Waals surface area contributed by atoms with Gasteiger partial charge >= 0.3 is 12.0 Å². The summed E-state index contributed by atoms with van der Waals surface area (Å²) >= 11 is 0. The molecule has 2 aromatic rings. The molecule has 1 atom stereocenters. The molecular formula is C25H29N3O6. The molecule has 1 heterocycles. The summed E-state index contributed by atoms with van der Waals surface area (Å²) in [6.45, 7) is 4.08. The summed E-state index contributed by atoms with van der Waals surface area (Å²) in [5, 5.41) is 14.1. The van der Waals surface area contributed by atoms with E-state index in [-0.39, 0.29) is 25.3 Å². The molecule has 3 N–H and O–H groups in total. The van der Waals surface area contributed by atoms with E-state index in [1.165, 1.54) is 0 Å². The lowest BCUT2D eigenvalue weighted by molar-refractivity contribution is -0.190. The number of likely N-dealkylation sites (tertiary alicyclic amines) is 1. The number of benzene rings is 2. The second-order valence-corrected chi connectivity index (χ2v) is 8.12. The van der Waals surface area contributed by atoms with E-state index >= 15 is 0 Å². The van der Waals surface area contributed by atoms with Gasteiger partial charge in [-0.3, -0.25) is 14.4 Å². The van der Waals surface area contributed by atoms with Gasteiger partial charge in [0.25, 0.3) is 0 Å². The average Bonchev–Trinajstić information content (AvgIpc) is 2.84. The Bertz CT molecular complexity index is 1030. The van der Waals surface area contributed by atoms with Crippen LogP contribution in [0.3, 0.4) is 0 Å². The van der Waals surface area contributed by atoms with Gasteiger partial charge in [-0.15, -0.1) is 0 Å². The maximum Gasteiger partial charge on any atom is 0.327 e. The Labute approximate surface area is 198 Å². The first-order valence-corrected chi connectivity index (χ1v) is 11.2. The third-order valence-electron chi connectivity index (χ3n) is 6.07. The van der Waals surface area contributed by atoms with Gasteiger partial charge in [-0.1, -0.05) is 44.2 Å². The summed E-state index contributed by atoms with van der Waals surface area (Å²) in [5.41, 5.74) is 0.607. The van der Waals surface area contributed by atoms with Crippen molar-refractivity contribution in [3.8, 4) is 5.75 Å². The van der Waals surface area contributed by atoms with Gasteiger partial charge in [0.05, 0.1) is 6.42 Å². The zero-order valence-electron chi connectivity index (χ0n) is 19.2. The number of hydrogen-bond acceptors (Lipinski definition) is 5. The lowest BCUT2D eigenvalue weighted by Gasteiger charge is -2.53. The summed E-state index contributed by atoms with van der Waals surface area (Å²) < 4.78 is 6.10. The van der Waals surface area contributed by atoms with Crippen molar-refractivity contribution in [1.29, 1.82) is 0 Å². The van der Waals surface area contributed by atoms with Crippen molar-refractivity contribution in [2.45, 2.75) is 52.3 Å². The Morgan fingerprint density at radius 2 is 1.65 bits per heavy atom. The minimum Gasteiger partial charge on any atom is -0.481 e. The highest BCUT2D eigenvalue weighted by Gasteiger charge is 2.62. The number of anilines is 1. The van der Waals surface area contributed by atoms with E-state index in [9.17, 15) is 19.2 Å². The summed E-state index contributed by atoms with van der Waals surface area (Å²) in [6, 6.07) is 15.4. The largest absolute Gasteiger partial charge is 0.481 e. The van der Waals surface area contributed by atoms with Crippen LogP contribution in [0, 0.1) is 5.41 Å². The maximum atomic E-state index is 13.0. The van der Waals surface area contributed by atoms with Crippen LogP contribution in [0.25, 0.3) is 0 Å². The second kappa shape index (κ2) is 10.8. The van der Waals surface area contributed by atoms with Gasteiger partial charge in [-0.05, 0) is 42.7 Å². The van der Waals surface area contributed by atoms with Crippen molar-refractivity contribution in [3.05, 3.63) is 60.2 Å². The van der Waals surface area contributed by atoms with Gasteiger partial charge in [0, 0.05) is 18.7 Å². The monoisotopic (exact) mass is 467 g/mol. The van der Waals surface area contributed by atoms with Gasteiger partial charge in [0.15, 0.2) is 6.23 Å². The number of carbonyl (C=O) groups excluding carboxylic acids is 3. The molecule has 9 heteroatoms. The summed E-state index contributed by atoms with van der Waals surface area (Å²) in [4.78, 5) is 49.4. The molecule has 0 spiro atoms. The molecule has 180 valence electrons. The first-order valence-electron chi connectivity index (χ1n) is 11.2. The van der Waals surface area contributed by atoms with Crippen LogP contribution in [0.1, 0.15) is 45.1 Å². The number of hydrogen-bond donors (Lipinski definition) is 3. The zero-order valence-corrected chi connectivity index (χ0v) is 19.2. The van der Waals surface area contributed by atoms with E-state index in [0.29, 0.717) is 24.3 Å². The number of β-lactam (4-membered cyclic amide) rings is 1. The zero-order chi connectivity index (χ0) is 24.7. The molecule has 34 heavy (non-hydrogen) atoms. The fourth-order valence-corrected chi connectivity index (χ4v) is 3.95. The van der Waals surface area contributed by atoms with Crippen LogP contribution in [0.15, 0.2) is 54.6 Å². The maximum absolute atomic E-state index is 13.0. The topological polar surface area (TPSA) is 125 Å². The molecule has 1 aliphatic heterocycles. The van der Waals surface area contributed by atoms with Crippen molar-refractivity contribution in [2.24, 2.45) is 5.41 Å². The number of imide groups is 1. The average molecular weight is 468 g/mol. The normalized spacial score (nSPS) is 16.4. The number of carbonyl (C=O) groups is 4.